The highest BCUT2D eigenvalue weighted by atomic mass is 15.1. The first kappa shape index (κ1) is 11.3. The van der Waals surface area contributed by atoms with Crippen molar-refractivity contribution < 1.29 is 0 Å². The number of anilines is 1. The summed E-state index contributed by atoms with van der Waals surface area (Å²) in [7, 11) is 0. The van der Waals surface area contributed by atoms with Gasteiger partial charge in [-0.1, -0.05) is 19.1 Å². The summed E-state index contributed by atoms with van der Waals surface area (Å²) in [5.41, 5.74) is 1.80. The van der Waals surface area contributed by atoms with Gasteiger partial charge in [-0.3, -0.25) is 0 Å². The molecule has 0 unspecified atom stereocenters. The van der Waals surface area contributed by atoms with Crippen LogP contribution in [0, 0.1) is 11.3 Å². The lowest BCUT2D eigenvalue weighted by atomic mass is 10.2. The quantitative estimate of drug-likeness (QED) is 0.683. The first-order valence-corrected chi connectivity index (χ1v) is 5.17. The SMILES string of the molecule is C=CCN(CCC)c1cccc(C#N)c1. The molecule has 0 aromatic heterocycles. The van der Waals surface area contributed by atoms with Gasteiger partial charge in [-0.25, -0.2) is 0 Å². The summed E-state index contributed by atoms with van der Waals surface area (Å²) < 4.78 is 0. The number of hydrogen-bond acceptors (Lipinski definition) is 2. The molecular formula is C13H16N2. The van der Waals surface area contributed by atoms with Crippen LogP contribution in [0.15, 0.2) is 36.9 Å². The molecular weight excluding hydrogens is 184 g/mol. The number of nitrogens with zero attached hydrogens (tertiary/aromatic N) is 2. The van der Waals surface area contributed by atoms with E-state index in [4.69, 9.17) is 5.26 Å². The third-order valence-corrected chi connectivity index (χ3v) is 2.18. The van der Waals surface area contributed by atoms with E-state index in [0.717, 1.165) is 25.2 Å². The smallest absolute Gasteiger partial charge is 0.0992 e. The Morgan fingerprint density at radius 2 is 2.33 bits per heavy atom. The molecule has 0 aliphatic rings. The Labute approximate surface area is 91.4 Å². The van der Waals surface area contributed by atoms with Gasteiger partial charge in [0.25, 0.3) is 0 Å². The van der Waals surface area contributed by atoms with Gasteiger partial charge in [0.05, 0.1) is 11.6 Å². The van der Waals surface area contributed by atoms with Crippen LogP contribution in [-0.2, 0) is 0 Å². The average Bonchev–Trinajstić information content (AvgIpc) is 2.29. The first-order valence-electron chi connectivity index (χ1n) is 5.17. The van der Waals surface area contributed by atoms with Crippen LogP contribution in [0.4, 0.5) is 5.69 Å². The van der Waals surface area contributed by atoms with E-state index < -0.39 is 0 Å². The molecule has 0 saturated heterocycles. The van der Waals surface area contributed by atoms with Crippen molar-refractivity contribution in [3.63, 3.8) is 0 Å². The van der Waals surface area contributed by atoms with Crippen molar-refractivity contribution >= 4 is 5.69 Å². The molecule has 1 aromatic carbocycles. The fourth-order valence-electron chi connectivity index (χ4n) is 1.52. The molecule has 0 aliphatic carbocycles. The first-order chi connectivity index (χ1) is 7.31. The highest BCUT2D eigenvalue weighted by Crippen LogP contribution is 2.16. The molecule has 15 heavy (non-hydrogen) atoms. The average molecular weight is 200 g/mol. The summed E-state index contributed by atoms with van der Waals surface area (Å²) >= 11 is 0. The predicted molar refractivity (Wildman–Crippen MR) is 63.9 cm³/mol. The van der Waals surface area contributed by atoms with Crippen molar-refractivity contribution in [3.05, 3.63) is 42.5 Å². The van der Waals surface area contributed by atoms with E-state index in [0.29, 0.717) is 5.56 Å². The van der Waals surface area contributed by atoms with Crippen molar-refractivity contribution in [2.75, 3.05) is 18.0 Å². The summed E-state index contributed by atoms with van der Waals surface area (Å²) in [6, 6.07) is 9.83. The van der Waals surface area contributed by atoms with Gasteiger partial charge in [-0.15, -0.1) is 6.58 Å². The van der Waals surface area contributed by atoms with E-state index in [2.05, 4.69) is 24.5 Å². The minimum atomic E-state index is 0.706. The highest BCUT2D eigenvalue weighted by molar-refractivity contribution is 5.51. The van der Waals surface area contributed by atoms with Crippen molar-refractivity contribution in [3.8, 4) is 6.07 Å². The summed E-state index contributed by atoms with van der Waals surface area (Å²) in [5, 5.41) is 8.81. The van der Waals surface area contributed by atoms with Crippen LogP contribution in [0.3, 0.4) is 0 Å². The zero-order chi connectivity index (χ0) is 11.1. The number of nitriles is 1. The van der Waals surface area contributed by atoms with E-state index in [1.807, 2.05) is 30.3 Å². The molecule has 0 saturated carbocycles. The molecule has 0 N–H and O–H groups in total. The third-order valence-electron chi connectivity index (χ3n) is 2.18. The van der Waals surface area contributed by atoms with E-state index >= 15 is 0 Å². The minimum absolute atomic E-state index is 0.706. The fourth-order valence-corrected chi connectivity index (χ4v) is 1.52. The van der Waals surface area contributed by atoms with Crippen LogP contribution >= 0.6 is 0 Å². The molecule has 0 fully saturated rings. The number of hydrogen-bond donors (Lipinski definition) is 0. The molecule has 0 aliphatic heterocycles. The molecule has 0 amide bonds. The zero-order valence-corrected chi connectivity index (χ0v) is 9.11. The van der Waals surface area contributed by atoms with Crippen LogP contribution in [0.25, 0.3) is 0 Å². The predicted octanol–water partition coefficient (Wildman–Crippen LogP) is 2.96. The van der Waals surface area contributed by atoms with Crippen molar-refractivity contribution in [2.24, 2.45) is 0 Å². The summed E-state index contributed by atoms with van der Waals surface area (Å²) in [4.78, 5) is 2.22. The van der Waals surface area contributed by atoms with Gasteiger partial charge in [-0.2, -0.15) is 5.26 Å². The van der Waals surface area contributed by atoms with E-state index in [1.54, 1.807) is 0 Å². The Balaban J connectivity index is 2.89. The topological polar surface area (TPSA) is 27.0 Å². The molecule has 0 atom stereocenters. The molecule has 2 nitrogen and oxygen atoms in total. The fraction of sp³-hybridized carbons (Fsp3) is 0.308. The monoisotopic (exact) mass is 200 g/mol. The van der Waals surface area contributed by atoms with Crippen molar-refractivity contribution in [1.29, 1.82) is 5.26 Å². The molecule has 2 heteroatoms. The minimum Gasteiger partial charge on any atom is -0.368 e. The molecule has 78 valence electrons. The lowest BCUT2D eigenvalue weighted by Crippen LogP contribution is -2.23. The maximum absolute atomic E-state index is 8.81. The van der Waals surface area contributed by atoms with Crippen LogP contribution < -0.4 is 4.90 Å². The lowest BCUT2D eigenvalue weighted by Gasteiger charge is -2.22. The largest absolute Gasteiger partial charge is 0.368 e. The maximum atomic E-state index is 8.81. The second kappa shape index (κ2) is 5.87. The highest BCUT2D eigenvalue weighted by Gasteiger charge is 2.03. The zero-order valence-electron chi connectivity index (χ0n) is 9.11. The van der Waals surface area contributed by atoms with Crippen LogP contribution in [-0.4, -0.2) is 13.1 Å². The van der Waals surface area contributed by atoms with Gasteiger partial charge in [-0.05, 0) is 24.6 Å². The number of rotatable bonds is 5. The molecule has 0 radical (unpaired) electrons. The van der Waals surface area contributed by atoms with Gasteiger partial charge in [0, 0.05) is 18.8 Å². The molecule has 0 bridgehead atoms. The Bertz CT molecular complexity index is 363. The molecule has 1 rings (SSSR count). The molecule has 1 aromatic rings. The summed E-state index contributed by atoms with van der Waals surface area (Å²) in [6.07, 6.45) is 2.97. The molecule has 0 heterocycles. The van der Waals surface area contributed by atoms with E-state index in [1.165, 1.54) is 0 Å². The lowest BCUT2D eigenvalue weighted by molar-refractivity contribution is 0.816. The molecule has 0 spiro atoms. The van der Waals surface area contributed by atoms with Gasteiger partial charge in [0.2, 0.25) is 0 Å². The standard InChI is InChI=1S/C13H16N2/c1-3-8-15(9-4-2)13-7-5-6-12(10-13)11-14/h3,5-7,10H,1,4,8-9H2,2H3. The van der Waals surface area contributed by atoms with Crippen LogP contribution in [0.2, 0.25) is 0 Å². The van der Waals surface area contributed by atoms with Gasteiger partial charge >= 0.3 is 0 Å². The van der Waals surface area contributed by atoms with Crippen LogP contribution in [0.1, 0.15) is 18.9 Å². The maximum Gasteiger partial charge on any atom is 0.0992 e. The summed E-state index contributed by atoms with van der Waals surface area (Å²) in [6.45, 7) is 7.70. The van der Waals surface area contributed by atoms with Crippen LogP contribution in [0.5, 0.6) is 0 Å². The summed E-state index contributed by atoms with van der Waals surface area (Å²) in [5.74, 6) is 0. The van der Waals surface area contributed by atoms with Gasteiger partial charge in [0.1, 0.15) is 0 Å². The third kappa shape index (κ3) is 3.14. The van der Waals surface area contributed by atoms with Crippen molar-refractivity contribution in [2.45, 2.75) is 13.3 Å². The Morgan fingerprint density at radius 1 is 1.53 bits per heavy atom. The normalized spacial score (nSPS) is 9.33. The second-order valence-corrected chi connectivity index (χ2v) is 3.40. The van der Waals surface area contributed by atoms with E-state index in [9.17, 15) is 0 Å². The van der Waals surface area contributed by atoms with Gasteiger partial charge < -0.3 is 4.90 Å². The Morgan fingerprint density at radius 3 is 2.93 bits per heavy atom. The van der Waals surface area contributed by atoms with E-state index in [-0.39, 0.29) is 0 Å². The van der Waals surface area contributed by atoms with Gasteiger partial charge in [0.15, 0.2) is 0 Å². The second-order valence-electron chi connectivity index (χ2n) is 3.40. The number of benzene rings is 1. The Kier molecular flexibility index (Phi) is 4.43. The van der Waals surface area contributed by atoms with Crippen molar-refractivity contribution in [1.82, 2.24) is 0 Å². The Hall–Kier alpha value is -1.75.